The summed E-state index contributed by atoms with van der Waals surface area (Å²) < 4.78 is 5.75. The molecule has 2 aromatic rings. The molecule has 0 bridgehead atoms. The van der Waals surface area contributed by atoms with Crippen molar-refractivity contribution in [2.45, 2.75) is 26.8 Å². The number of carbonyl (C=O) groups is 2. The molecule has 4 rings (SSSR count). The number of nitrogens with two attached hydrogens (primary N) is 1. The number of hydrogen-bond acceptors (Lipinski definition) is 4. The van der Waals surface area contributed by atoms with Gasteiger partial charge < -0.3 is 20.3 Å². The molecule has 0 unspecified atom stereocenters. The largest absolute Gasteiger partial charge is 0.491 e. The van der Waals surface area contributed by atoms with Gasteiger partial charge in [-0.1, -0.05) is 35.9 Å². The van der Waals surface area contributed by atoms with Gasteiger partial charge in [0, 0.05) is 44.9 Å². The van der Waals surface area contributed by atoms with Crippen LogP contribution in [0.5, 0.6) is 5.75 Å². The summed E-state index contributed by atoms with van der Waals surface area (Å²) in [6.45, 7) is 8.45. The average molecular weight is 422 g/mol. The van der Waals surface area contributed by atoms with Crippen molar-refractivity contribution in [3.05, 3.63) is 64.7 Å². The van der Waals surface area contributed by atoms with E-state index in [1.54, 1.807) is 6.92 Å². The summed E-state index contributed by atoms with van der Waals surface area (Å²) in [6, 6.07) is 13.9. The first kappa shape index (κ1) is 21.4. The van der Waals surface area contributed by atoms with Crippen molar-refractivity contribution in [3.63, 3.8) is 0 Å². The van der Waals surface area contributed by atoms with Gasteiger partial charge in [-0.15, -0.1) is 0 Å². The van der Waals surface area contributed by atoms with E-state index in [4.69, 9.17) is 10.5 Å². The van der Waals surface area contributed by atoms with Crippen LogP contribution in [0.15, 0.2) is 42.5 Å². The number of hydrogen-bond donors (Lipinski definition) is 1. The maximum absolute atomic E-state index is 13.5. The molecule has 2 aliphatic heterocycles. The molecule has 2 aromatic carbocycles. The van der Waals surface area contributed by atoms with E-state index in [2.05, 4.69) is 19.1 Å². The zero-order chi connectivity index (χ0) is 22.1. The molecule has 2 saturated heterocycles. The number of fused-ring (bicyclic) bond motifs is 1. The Balaban J connectivity index is 1.61. The number of benzene rings is 2. The molecule has 164 valence electrons. The third-order valence-corrected chi connectivity index (χ3v) is 6.60. The van der Waals surface area contributed by atoms with Crippen LogP contribution < -0.4 is 10.5 Å². The summed E-state index contributed by atoms with van der Waals surface area (Å²) in [4.78, 5) is 29.8. The monoisotopic (exact) mass is 421 g/mol. The zero-order valence-electron chi connectivity index (χ0n) is 18.5. The van der Waals surface area contributed by atoms with Gasteiger partial charge in [-0.25, -0.2) is 0 Å². The van der Waals surface area contributed by atoms with E-state index in [9.17, 15) is 9.59 Å². The first-order chi connectivity index (χ1) is 14.9. The number of ether oxygens (including phenoxy) is 1. The first-order valence-corrected chi connectivity index (χ1v) is 11.0. The standard InChI is InChI=1S/C25H31N3O3/c1-16-8-9-23(31-11-10-26)21(12-16)25(30)27-13-19-14-28(18(3)29)24(22(19)15-27)20-7-5-4-6-17(20)2/h4-9,12,19,22,24H,10-11,13-15,26H2,1-3H3/t19-,22-,24-/m1/s1. The lowest BCUT2D eigenvalue weighted by Gasteiger charge is -2.30. The molecule has 3 atom stereocenters. The predicted octanol–water partition coefficient (Wildman–Crippen LogP) is 2.93. The Morgan fingerprint density at radius 2 is 1.87 bits per heavy atom. The van der Waals surface area contributed by atoms with Gasteiger partial charge in [-0.3, -0.25) is 9.59 Å². The molecule has 0 aromatic heterocycles. The van der Waals surface area contributed by atoms with E-state index in [0.717, 1.165) is 5.56 Å². The van der Waals surface area contributed by atoms with E-state index >= 15 is 0 Å². The predicted molar refractivity (Wildman–Crippen MR) is 120 cm³/mol. The Morgan fingerprint density at radius 1 is 1.10 bits per heavy atom. The van der Waals surface area contributed by atoms with Crippen LogP contribution in [0, 0.1) is 25.7 Å². The number of nitrogens with zero attached hydrogens (tertiary/aromatic N) is 2. The van der Waals surface area contributed by atoms with Gasteiger partial charge >= 0.3 is 0 Å². The lowest BCUT2D eigenvalue weighted by atomic mass is 9.87. The summed E-state index contributed by atoms with van der Waals surface area (Å²) in [5.74, 6) is 1.17. The molecule has 0 aliphatic carbocycles. The van der Waals surface area contributed by atoms with Crippen LogP contribution in [0.1, 0.15) is 40.0 Å². The topological polar surface area (TPSA) is 75.9 Å². The molecule has 2 amide bonds. The fraction of sp³-hybridized carbons (Fsp3) is 0.440. The molecule has 2 fully saturated rings. The highest BCUT2D eigenvalue weighted by Gasteiger charge is 2.49. The van der Waals surface area contributed by atoms with Gasteiger partial charge in [-0.05, 0) is 37.1 Å². The van der Waals surface area contributed by atoms with Crippen molar-refractivity contribution in [1.82, 2.24) is 9.80 Å². The fourth-order valence-electron chi connectivity index (χ4n) is 5.13. The Hall–Kier alpha value is -2.86. The minimum atomic E-state index is -0.0111. The van der Waals surface area contributed by atoms with Crippen LogP contribution in [0.2, 0.25) is 0 Å². The second-order valence-corrected chi connectivity index (χ2v) is 8.74. The van der Waals surface area contributed by atoms with Crippen molar-refractivity contribution in [3.8, 4) is 5.75 Å². The van der Waals surface area contributed by atoms with Crippen LogP contribution in [0.25, 0.3) is 0 Å². The fourth-order valence-corrected chi connectivity index (χ4v) is 5.13. The number of amides is 2. The van der Waals surface area contributed by atoms with Crippen LogP contribution >= 0.6 is 0 Å². The van der Waals surface area contributed by atoms with E-state index < -0.39 is 0 Å². The lowest BCUT2D eigenvalue weighted by molar-refractivity contribution is -0.130. The highest BCUT2D eigenvalue weighted by molar-refractivity contribution is 5.97. The van der Waals surface area contributed by atoms with Crippen LogP contribution in [0.3, 0.4) is 0 Å². The van der Waals surface area contributed by atoms with Crippen molar-refractivity contribution in [2.24, 2.45) is 17.6 Å². The Labute approximate surface area is 184 Å². The minimum absolute atomic E-state index is 0.00645. The lowest BCUT2D eigenvalue weighted by Crippen LogP contribution is -2.36. The SMILES string of the molecule is CC(=O)N1C[C@H]2CN(C(=O)c3cc(C)ccc3OCCN)C[C@H]2[C@H]1c1ccccc1C. The summed E-state index contributed by atoms with van der Waals surface area (Å²) in [5, 5.41) is 0. The van der Waals surface area contributed by atoms with Gasteiger partial charge in [-0.2, -0.15) is 0 Å². The number of aryl methyl sites for hydroxylation is 2. The highest BCUT2D eigenvalue weighted by Crippen LogP contribution is 2.46. The Bertz CT molecular complexity index is 990. The molecule has 31 heavy (non-hydrogen) atoms. The molecular weight excluding hydrogens is 390 g/mol. The van der Waals surface area contributed by atoms with Crippen LogP contribution in [-0.4, -0.2) is 54.4 Å². The number of carbonyl (C=O) groups excluding carboxylic acids is 2. The zero-order valence-corrected chi connectivity index (χ0v) is 18.5. The van der Waals surface area contributed by atoms with E-state index in [1.165, 1.54) is 11.1 Å². The smallest absolute Gasteiger partial charge is 0.257 e. The van der Waals surface area contributed by atoms with Crippen molar-refractivity contribution in [1.29, 1.82) is 0 Å². The van der Waals surface area contributed by atoms with Gasteiger partial charge in [0.15, 0.2) is 0 Å². The van der Waals surface area contributed by atoms with E-state index in [-0.39, 0.29) is 29.7 Å². The van der Waals surface area contributed by atoms with E-state index in [0.29, 0.717) is 44.1 Å². The summed E-state index contributed by atoms with van der Waals surface area (Å²) in [5.41, 5.74) is 9.55. The Morgan fingerprint density at radius 3 is 2.58 bits per heavy atom. The first-order valence-electron chi connectivity index (χ1n) is 11.0. The molecule has 0 radical (unpaired) electrons. The molecule has 2 aliphatic rings. The quantitative estimate of drug-likeness (QED) is 0.805. The molecule has 0 saturated carbocycles. The van der Waals surface area contributed by atoms with Crippen molar-refractivity contribution < 1.29 is 14.3 Å². The summed E-state index contributed by atoms with van der Waals surface area (Å²) in [7, 11) is 0. The molecule has 2 heterocycles. The number of rotatable bonds is 5. The van der Waals surface area contributed by atoms with Gasteiger partial charge in [0.2, 0.25) is 5.91 Å². The van der Waals surface area contributed by atoms with Crippen molar-refractivity contribution >= 4 is 11.8 Å². The summed E-state index contributed by atoms with van der Waals surface area (Å²) >= 11 is 0. The number of likely N-dealkylation sites (tertiary alicyclic amines) is 2. The van der Waals surface area contributed by atoms with Gasteiger partial charge in [0.25, 0.3) is 5.91 Å². The maximum atomic E-state index is 13.5. The molecular formula is C25H31N3O3. The Kier molecular flexibility index (Phi) is 6.01. The van der Waals surface area contributed by atoms with Crippen molar-refractivity contribution in [2.75, 3.05) is 32.8 Å². The third kappa shape index (κ3) is 4.04. The molecule has 6 nitrogen and oxygen atoms in total. The minimum Gasteiger partial charge on any atom is -0.491 e. The summed E-state index contributed by atoms with van der Waals surface area (Å²) in [6.07, 6.45) is 0. The maximum Gasteiger partial charge on any atom is 0.257 e. The second kappa shape index (κ2) is 8.71. The second-order valence-electron chi connectivity index (χ2n) is 8.74. The third-order valence-electron chi connectivity index (χ3n) is 6.60. The van der Waals surface area contributed by atoms with E-state index in [1.807, 2.05) is 47.1 Å². The van der Waals surface area contributed by atoms with Crippen LogP contribution in [0.4, 0.5) is 0 Å². The highest BCUT2D eigenvalue weighted by atomic mass is 16.5. The van der Waals surface area contributed by atoms with Gasteiger partial charge in [0.05, 0.1) is 11.6 Å². The molecule has 6 heteroatoms. The normalized spacial score (nSPS) is 22.5. The van der Waals surface area contributed by atoms with Gasteiger partial charge in [0.1, 0.15) is 12.4 Å². The molecule has 0 spiro atoms. The molecule has 2 N–H and O–H groups in total. The van der Waals surface area contributed by atoms with Crippen LogP contribution in [-0.2, 0) is 4.79 Å². The average Bonchev–Trinajstić information content (AvgIpc) is 3.31.